The molecular weight excluding hydrogens is 310 g/mol. The second-order valence-corrected chi connectivity index (χ2v) is 6.86. The third-order valence-corrected chi connectivity index (χ3v) is 4.45. The van der Waals surface area contributed by atoms with Gasteiger partial charge in [0, 0.05) is 17.3 Å². The molecule has 23 heavy (non-hydrogen) atoms. The van der Waals surface area contributed by atoms with Crippen LogP contribution < -0.4 is 0 Å². The zero-order chi connectivity index (χ0) is 18.5. The largest absolute Gasteiger partial charge is 0.373 e. The van der Waals surface area contributed by atoms with E-state index in [1.165, 1.54) is 20.8 Å². The van der Waals surface area contributed by atoms with Crippen molar-refractivity contribution in [2.75, 3.05) is 0 Å². The van der Waals surface area contributed by atoms with Crippen LogP contribution in [0.3, 0.4) is 0 Å². The van der Waals surface area contributed by atoms with Crippen molar-refractivity contribution in [1.29, 1.82) is 0 Å². The van der Waals surface area contributed by atoms with E-state index in [9.17, 15) is 35.4 Å². The molecule has 0 aromatic carbocycles. The Morgan fingerprint density at radius 2 is 1.43 bits per heavy atom. The maximum atomic E-state index is 11.5. The van der Waals surface area contributed by atoms with Crippen molar-refractivity contribution < 1.29 is 19.9 Å². The summed E-state index contributed by atoms with van der Waals surface area (Å²) in [5, 5.41) is 45.3. The Hall–Kier alpha value is -2.36. The summed E-state index contributed by atoms with van der Waals surface area (Å²) < 4.78 is 0. The lowest BCUT2D eigenvalue weighted by Crippen LogP contribution is -2.61. The van der Waals surface area contributed by atoms with E-state index in [0.29, 0.717) is 0 Å². The molecule has 1 rings (SSSR count). The Kier molecular flexibility index (Phi) is 4.13. The summed E-state index contributed by atoms with van der Waals surface area (Å²) in [6.45, 7) is 7.57. The number of hydrogen-bond donors (Lipinski definition) is 1. The van der Waals surface area contributed by atoms with Gasteiger partial charge in [0.15, 0.2) is 0 Å². The fourth-order valence-electron chi connectivity index (χ4n) is 2.89. The quantitative estimate of drug-likeness (QED) is 0.613. The van der Waals surface area contributed by atoms with Crippen LogP contribution in [0.1, 0.15) is 41.5 Å². The predicted octanol–water partition coefficient (Wildman–Crippen LogP) is 1.91. The van der Waals surface area contributed by atoms with Gasteiger partial charge >= 0.3 is 0 Å². The first-order valence-corrected chi connectivity index (χ1v) is 6.74. The predicted molar refractivity (Wildman–Crippen MR) is 79.2 cm³/mol. The number of rotatable bonds is 3. The van der Waals surface area contributed by atoms with Gasteiger partial charge < -0.3 is 5.11 Å². The summed E-state index contributed by atoms with van der Waals surface area (Å²) in [4.78, 5) is 31.8. The van der Waals surface area contributed by atoms with Crippen LogP contribution in [0.25, 0.3) is 0 Å². The zero-order valence-electron chi connectivity index (χ0n) is 13.7. The van der Waals surface area contributed by atoms with Crippen molar-refractivity contribution in [3.63, 3.8) is 0 Å². The Labute approximate surface area is 131 Å². The number of nitro groups is 3. The highest BCUT2D eigenvalue weighted by Crippen LogP contribution is 2.50. The molecule has 1 N–H and O–H groups in total. The van der Waals surface area contributed by atoms with Crippen molar-refractivity contribution in [3.05, 3.63) is 52.9 Å². The molecule has 0 spiro atoms. The molecular formula is C13H19N3O7. The summed E-state index contributed by atoms with van der Waals surface area (Å²) in [5.41, 5.74) is -8.23. The highest BCUT2D eigenvalue weighted by atomic mass is 16.6. The van der Waals surface area contributed by atoms with Crippen LogP contribution in [-0.2, 0) is 0 Å². The van der Waals surface area contributed by atoms with Crippen LogP contribution in [0, 0.1) is 35.8 Å². The van der Waals surface area contributed by atoms with Crippen molar-refractivity contribution in [2.45, 2.75) is 52.7 Å². The van der Waals surface area contributed by atoms with Crippen LogP contribution in [0.5, 0.6) is 0 Å². The summed E-state index contributed by atoms with van der Waals surface area (Å²) in [6, 6.07) is 0. The molecule has 0 aromatic heterocycles. The number of aliphatic hydroxyl groups is 1. The summed E-state index contributed by atoms with van der Waals surface area (Å²) in [5.74, 6) is 0. The molecule has 2 atom stereocenters. The van der Waals surface area contributed by atoms with Gasteiger partial charge in [-0.15, -0.1) is 0 Å². The van der Waals surface area contributed by atoms with Crippen molar-refractivity contribution in [3.8, 4) is 0 Å². The smallest absolute Gasteiger partial charge is 0.295 e. The third kappa shape index (κ3) is 2.38. The van der Waals surface area contributed by atoms with Crippen molar-refractivity contribution in [1.82, 2.24) is 0 Å². The van der Waals surface area contributed by atoms with Crippen LogP contribution >= 0.6 is 0 Å². The lowest BCUT2D eigenvalue weighted by atomic mass is 9.65. The van der Waals surface area contributed by atoms with Crippen LogP contribution in [0.2, 0.25) is 0 Å². The molecule has 10 nitrogen and oxygen atoms in total. The van der Waals surface area contributed by atoms with E-state index in [1.807, 2.05) is 0 Å². The van der Waals surface area contributed by atoms with E-state index >= 15 is 0 Å². The molecule has 0 aliphatic heterocycles. The van der Waals surface area contributed by atoms with E-state index in [2.05, 4.69) is 0 Å². The molecule has 0 bridgehead atoms. The molecule has 128 valence electrons. The maximum Gasteiger partial charge on any atom is 0.295 e. The number of hydrogen-bond acceptors (Lipinski definition) is 7. The van der Waals surface area contributed by atoms with Crippen molar-refractivity contribution in [2.24, 2.45) is 5.41 Å². The first kappa shape index (κ1) is 18.7. The number of nitrogens with zero attached hydrogens (tertiary/aromatic N) is 3. The van der Waals surface area contributed by atoms with E-state index in [4.69, 9.17) is 0 Å². The molecule has 0 amide bonds. The molecule has 0 saturated heterocycles. The maximum absolute atomic E-state index is 11.5. The van der Waals surface area contributed by atoms with E-state index in [-0.39, 0.29) is 11.1 Å². The summed E-state index contributed by atoms with van der Waals surface area (Å²) in [6.07, 6.45) is 0. The summed E-state index contributed by atoms with van der Waals surface area (Å²) >= 11 is 0. The highest BCUT2D eigenvalue weighted by Gasteiger charge is 2.69. The zero-order valence-corrected chi connectivity index (χ0v) is 13.7. The number of allylic oxidation sites excluding steroid dienone is 1. The average molecular weight is 329 g/mol. The van der Waals surface area contributed by atoms with Gasteiger partial charge in [-0.2, -0.15) is 0 Å². The Morgan fingerprint density at radius 1 is 1.00 bits per heavy atom. The van der Waals surface area contributed by atoms with Gasteiger partial charge in [-0.05, 0) is 13.8 Å². The van der Waals surface area contributed by atoms with Gasteiger partial charge in [-0.25, -0.2) is 0 Å². The molecule has 0 aromatic rings. The SMILES string of the molecule is CC1=C([N+](=O)[O-])C(C(C)(C)C)=C([N+](=O)[O-])C(C)(O)C1(C)[N+](=O)[O-]. The fourth-order valence-corrected chi connectivity index (χ4v) is 2.89. The van der Waals surface area contributed by atoms with Crippen molar-refractivity contribution >= 4 is 0 Å². The molecule has 0 radical (unpaired) electrons. The van der Waals surface area contributed by atoms with Crippen LogP contribution in [-0.4, -0.2) is 31.0 Å². The molecule has 1 aliphatic rings. The lowest BCUT2D eigenvalue weighted by Gasteiger charge is -2.38. The fraction of sp³-hybridized carbons (Fsp3) is 0.692. The van der Waals surface area contributed by atoms with E-state index < -0.39 is 42.7 Å². The monoisotopic (exact) mass is 329 g/mol. The Bertz CT molecular complexity index is 670. The van der Waals surface area contributed by atoms with Crippen LogP contribution in [0.4, 0.5) is 0 Å². The minimum Gasteiger partial charge on any atom is -0.373 e. The van der Waals surface area contributed by atoms with E-state index in [0.717, 1.165) is 20.8 Å². The van der Waals surface area contributed by atoms with Gasteiger partial charge in [0.2, 0.25) is 5.60 Å². The van der Waals surface area contributed by atoms with Gasteiger partial charge in [0.05, 0.1) is 15.4 Å². The topological polar surface area (TPSA) is 150 Å². The molecule has 1 aliphatic carbocycles. The molecule has 10 heteroatoms. The van der Waals surface area contributed by atoms with Gasteiger partial charge in [0.1, 0.15) is 5.57 Å². The second kappa shape index (κ2) is 5.08. The van der Waals surface area contributed by atoms with E-state index in [1.54, 1.807) is 0 Å². The Morgan fingerprint density at radius 3 is 1.70 bits per heavy atom. The van der Waals surface area contributed by atoms with Crippen LogP contribution in [0.15, 0.2) is 22.5 Å². The first-order chi connectivity index (χ1) is 10.1. The highest BCUT2D eigenvalue weighted by molar-refractivity contribution is 5.48. The van der Waals surface area contributed by atoms with Gasteiger partial charge in [0.25, 0.3) is 16.9 Å². The standard InChI is InChI=1S/C13H19N3O7/c1-7-9(14(18)19)8(11(2,3)4)10(15(20)21)13(6,17)12(7,5)16(22)23/h17H,1-6H3. The first-order valence-electron chi connectivity index (χ1n) is 6.74. The van der Waals surface area contributed by atoms with Gasteiger partial charge in [-0.1, -0.05) is 20.8 Å². The summed E-state index contributed by atoms with van der Waals surface area (Å²) in [7, 11) is 0. The Balaban J connectivity index is 4.16. The molecule has 0 fully saturated rings. The van der Waals surface area contributed by atoms with Gasteiger partial charge in [-0.3, -0.25) is 30.3 Å². The lowest BCUT2D eigenvalue weighted by molar-refractivity contribution is -0.589. The molecule has 0 saturated carbocycles. The average Bonchev–Trinajstić information content (AvgIpc) is 2.32. The normalized spacial score (nSPS) is 28.8. The minimum atomic E-state index is -2.52. The molecule has 0 heterocycles. The second-order valence-electron chi connectivity index (χ2n) is 6.86. The minimum absolute atomic E-state index is 0.311. The molecule has 2 unspecified atom stereocenters. The third-order valence-electron chi connectivity index (χ3n) is 4.45.